The third-order valence-corrected chi connectivity index (χ3v) is 3.29. The lowest BCUT2D eigenvalue weighted by Gasteiger charge is -2.11. The monoisotopic (exact) mass is 268 g/mol. The number of fused-ring (bicyclic) bond motifs is 2. The third-order valence-electron chi connectivity index (χ3n) is 3.29. The van der Waals surface area contributed by atoms with Gasteiger partial charge in [-0.3, -0.25) is 0 Å². The van der Waals surface area contributed by atoms with Gasteiger partial charge in [0.1, 0.15) is 17.7 Å². The third kappa shape index (κ3) is 1.93. The summed E-state index contributed by atoms with van der Waals surface area (Å²) in [6.07, 6.45) is 1.04. The van der Waals surface area contributed by atoms with Crippen molar-refractivity contribution in [2.45, 2.75) is 12.5 Å². The largest absolute Gasteiger partial charge is 0.488 e. The summed E-state index contributed by atoms with van der Waals surface area (Å²) < 4.78 is 7.26. The molecule has 20 heavy (non-hydrogen) atoms. The smallest absolute Gasteiger partial charge is 0.200 e. The zero-order valence-corrected chi connectivity index (χ0v) is 10.6. The molecule has 0 saturated heterocycles. The molecule has 0 radical (unpaired) electrons. The van der Waals surface area contributed by atoms with Crippen LogP contribution in [0.5, 0.6) is 5.75 Å². The first kappa shape index (κ1) is 11.2. The molecule has 0 unspecified atom stereocenters. The van der Waals surface area contributed by atoms with Gasteiger partial charge in [0.05, 0.1) is 6.54 Å². The van der Waals surface area contributed by atoms with Gasteiger partial charge in [-0.2, -0.15) is 0 Å². The van der Waals surface area contributed by atoms with Gasteiger partial charge in [-0.1, -0.05) is 18.2 Å². The van der Waals surface area contributed by atoms with Crippen LogP contribution >= 0.6 is 0 Å². The second-order valence-electron chi connectivity index (χ2n) is 4.68. The van der Waals surface area contributed by atoms with E-state index >= 15 is 0 Å². The van der Waals surface area contributed by atoms with Crippen molar-refractivity contribution in [2.24, 2.45) is 0 Å². The fourth-order valence-electron chi connectivity index (χ4n) is 2.33. The number of benzene rings is 1. The van der Waals surface area contributed by atoms with E-state index in [-0.39, 0.29) is 6.10 Å². The van der Waals surface area contributed by atoms with Crippen molar-refractivity contribution in [1.29, 1.82) is 0 Å². The highest BCUT2D eigenvalue weighted by Crippen LogP contribution is 2.28. The molecule has 3 aromatic rings. The summed E-state index contributed by atoms with van der Waals surface area (Å²) >= 11 is 0. The fraction of sp³-hybridized carbons (Fsp3) is 0.231. The lowest BCUT2D eigenvalue weighted by atomic mass is 10.1. The predicted octanol–water partition coefficient (Wildman–Crippen LogP) is 0.935. The lowest BCUT2D eigenvalue weighted by Crippen LogP contribution is -2.24. The Labute approximate surface area is 114 Å². The molecule has 1 aliphatic rings. The van der Waals surface area contributed by atoms with Crippen LogP contribution in [0, 0.1) is 0 Å². The van der Waals surface area contributed by atoms with Crippen molar-refractivity contribution in [2.75, 3.05) is 11.9 Å². The first-order chi connectivity index (χ1) is 9.88. The van der Waals surface area contributed by atoms with Crippen molar-refractivity contribution >= 4 is 11.5 Å². The number of nitrogens with zero attached hydrogens (tertiary/aromatic N) is 5. The van der Waals surface area contributed by atoms with E-state index in [1.807, 2.05) is 30.3 Å². The van der Waals surface area contributed by atoms with Gasteiger partial charge in [-0.05, 0) is 34.2 Å². The number of anilines is 1. The second kappa shape index (κ2) is 4.44. The maximum absolute atomic E-state index is 5.86. The van der Waals surface area contributed by atoms with E-state index < -0.39 is 0 Å². The summed E-state index contributed by atoms with van der Waals surface area (Å²) in [5.74, 6) is 1.70. The van der Waals surface area contributed by atoms with Gasteiger partial charge < -0.3 is 10.1 Å². The quantitative estimate of drug-likeness (QED) is 0.761. The highest BCUT2D eigenvalue weighted by atomic mass is 16.5. The summed E-state index contributed by atoms with van der Waals surface area (Å²) in [7, 11) is 0. The Bertz CT molecular complexity index is 730. The first-order valence-corrected chi connectivity index (χ1v) is 6.42. The van der Waals surface area contributed by atoms with Crippen LogP contribution < -0.4 is 10.1 Å². The zero-order valence-electron chi connectivity index (χ0n) is 10.6. The summed E-state index contributed by atoms with van der Waals surface area (Å²) in [6.45, 7) is 0.690. The van der Waals surface area contributed by atoms with Crippen LogP contribution in [0.2, 0.25) is 0 Å². The molecule has 1 N–H and O–H groups in total. The summed E-state index contributed by atoms with van der Waals surface area (Å²) in [5.41, 5.74) is 1.88. The topological polar surface area (TPSA) is 77.2 Å². The Morgan fingerprint density at radius 1 is 1.25 bits per heavy atom. The number of hydrogen-bond donors (Lipinski definition) is 1. The normalized spacial score (nSPS) is 16.9. The molecule has 0 aliphatic carbocycles. The molecular formula is C13H12N6O. The Kier molecular flexibility index (Phi) is 2.48. The molecular weight excluding hydrogens is 256 g/mol. The SMILES string of the molecule is c1ccc2c(c1)C[C@H](CNc1ccc3nnnn3n1)O2. The van der Waals surface area contributed by atoms with Crippen LogP contribution in [0.4, 0.5) is 5.82 Å². The van der Waals surface area contributed by atoms with Crippen molar-refractivity contribution in [3.8, 4) is 5.75 Å². The van der Waals surface area contributed by atoms with Crippen molar-refractivity contribution < 1.29 is 4.74 Å². The number of nitrogens with one attached hydrogen (secondary N) is 1. The van der Waals surface area contributed by atoms with E-state index in [1.54, 1.807) is 0 Å². The van der Waals surface area contributed by atoms with Gasteiger partial charge in [-0.25, -0.2) is 0 Å². The van der Waals surface area contributed by atoms with Crippen molar-refractivity contribution in [1.82, 2.24) is 25.3 Å². The molecule has 0 amide bonds. The van der Waals surface area contributed by atoms with Gasteiger partial charge in [0.25, 0.3) is 0 Å². The molecule has 7 nitrogen and oxygen atoms in total. The average molecular weight is 268 g/mol. The van der Waals surface area contributed by atoms with Gasteiger partial charge in [-0.15, -0.1) is 14.8 Å². The van der Waals surface area contributed by atoms with Crippen molar-refractivity contribution in [3.05, 3.63) is 42.0 Å². The Hall–Kier alpha value is -2.70. The van der Waals surface area contributed by atoms with E-state index in [0.717, 1.165) is 18.0 Å². The van der Waals surface area contributed by atoms with Gasteiger partial charge in [0, 0.05) is 6.42 Å². The summed E-state index contributed by atoms with van der Waals surface area (Å²) in [4.78, 5) is 0. The van der Waals surface area contributed by atoms with Gasteiger partial charge >= 0.3 is 0 Å². The lowest BCUT2D eigenvalue weighted by molar-refractivity contribution is 0.246. The molecule has 0 bridgehead atoms. The Morgan fingerprint density at radius 3 is 3.15 bits per heavy atom. The molecule has 1 aromatic carbocycles. The highest BCUT2D eigenvalue weighted by molar-refractivity contribution is 5.43. The number of rotatable bonds is 3. The van der Waals surface area contributed by atoms with E-state index in [4.69, 9.17) is 4.74 Å². The average Bonchev–Trinajstić information content (AvgIpc) is 3.10. The maximum Gasteiger partial charge on any atom is 0.200 e. The van der Waals surface area contributed by atoms with Crippen LogP contribution in [0.15, 0.2) is 36.4 Å². The van der Waals surface area contributed by atoms with Crippen molar-refractivity contribution in [3.63, 3.8) is 0 Å². The van der Waals surface area contributed by atoms with E-state index in [0.29, 0.717) is 12.2 Å². The van der Waals surface area contributed by atoms with Crippen LogP contribution in [0.1, 0.15) is 5.56 Å². The second-order valence-corrected chi connectivity index (χ2v) is 4.68. The van der Waals surface area contributed by atoms with E-state index in [1.165, 1.54) is 10.2 Å². The number of ether oxygens (including phenoxy) is 1. The molecule has 0 saturated carbocycles. The van der Waals surface area contributed by atoms with Crippen LogP contribution in [0.3, 0.4) is 0 Å². The molecule has 1 aliphatic heterocycles. The Morgan fingerprint density at radius 2 is 2.20 bits per heavy atom. The molecule has 0 fully saturated rings. The molecule has 0 spiro atoms. The first-order valence-electron chi connectivity index (χ1n) is 6.42. The molecule has 4 rings (SSSR count). The van der Waals surface area contributed by atoms with Crippen LogP contribution in [-0.2, 0) is 6.42 Å². The number of tetrazole rings is 1. The summed E-state index contributed by atoms with van der Waals surface area (Å²) in [6, 6.07) is 11.8. The Balaban J connectivity index is 1.44. The number of aromatic nitrogens is 5. The summed E-state index contributed by atoms with van der Waals surface area (Å²) in [5, 5.41) is 18.6. The maximum atomic E-state index is 5.86. The van der Waals surface area contributed by atoms with Gasteiger partial charge in [0.2, 0.25) is 0 Å². The number of hydrogen-bond acceptors (Lipinski definition) is 6. The van der Waals surface area contributed by atoms with E-state index in [2.05, 4.69) is 32.0 Å². The standard InChI is InChI=1S/C13H12N6O/c1-2-4-11-9(3-1)7-10(20-11)8-14-12-5-6-13-15-17-18-19(13)16-12/h1-6,10H,7-8H2,(H,14,16)/t10-/m1/s1. The molecule has 3 heterocycles. The minimum Gasteiger partial charge on any atom is -0.488 e. The minimum atomic E-state index is 0.124. The minimum absolute atomic E-state index is 0.124. The van der Waals surface area contributed by atoms with E-state index in [9.17, 15) is 0 Å². The van der Waals surface area contributed by atoms with Crippen LogP contribution in [-0.4, -0.2) is 37.9 Å². The molecule has 2 aromatic heterocycles. The number of para-hydroxylation sites is 1. The highest BCUT2D eigenvalue weighted by Gasteiger charge is 2.21. The zero-order chi connectivity index (χ0) is 13.4. The molecule has 7 heteroatoms. The van der Waals surface area contributed by atoms with Crippen LogP contribution in [0.25, 0.3) is 5.65 Å². The van der Waals surface area contributed by atoms with Gasteiger partial charge in [0.15, 0.2) is 5.65 Å². The molecule has 100 valence electrons. The molecule has 1 atom stereocenters. The predicted molar refractivity (Wildman–Crippen MR) is 71.6 cm³/mol. The fourth-order valence-corrected chi connectivity index (χ4v) is 2.33.